The lowest BCUT2D eigenvalue weighted by atomic mass is 10.0. The Bertz CT molecular complexity index is 2010. The molecule has 0 saturated heterocycles. The molecular formula is C64H98N2O4. The minimum absolute atomic E-state index is 0.0207. The molecule has 0 aromatic heterocycles. The number of ether oxygens (including phenoxy) is 2. The Balaban J connectivity index is 1.06. The number of carbonyl (C=O) groups excluding carboxylic acids is 2. The molecule has 0 aliphatic carbocycles. The molecule has 0 heterocycles. The van der Waals surface area contributed by atoms with Crippen LogP contribution in [0.4, 0.5) is 0 Å². The van der Waals surface area contributed by atoms with Crippen molar-refractivity contribution in [2.75, 3.05) is 26.3 Å². The first-order valence-electron chi connectivity index (χ1n) is 29.0. The van der Waals surface area contributed by atoms with Crippen molar-refractivity contribution in [3.8, 4) is 11.5 Å². The fourth-order valence-electron chi connectivity index (χ4n) is 9.68. The Morgan fingerprint density at radius 2 is 0.771 bits per heavy atom. The van der Waals surface area contributed by atoms with Crippen molar-refractivity contribution in [3.63, 3.8) is 0 Å². The number of fused-ring (bicyclic) bond motifs is 2. The van der Waals surface area contributed by atoms with E-state index in [1.54, 1.807) is 0 Å². The fourth-order valence-corrected chi connectivity index (χ4v) is 9.68. The molecule has 2 N–H and O–H groups in total. The van der Waals surface area contributed by atoms with Crippen LogP contribution in [-0.4, -0.2) is 38.1 Å². The molecule has 6 nitrogen and oxygen atoms in total. The molecule has 4 aromatic rings. The average Bonchev–Trinajstić information content (AvgIpc) is 3.38. The van der Waals surface area contributed by atoms with E-state index in [1.165, 1.54) is 199 Å². The van der Waals surface area contributed by atoms with Gasteiger partial charge in [-0.15, -0.1) is 0 Å². The summed E-state index contributed by atoms with van der Waals surface area (Å²) < 4.78 is 12.4. The first-order valence-corrected chi connectivity index (χ1v) is 29.0. The number of benzene rings is 4. The number of nitrogens with one attached hydrogen (secondary N) is 2. The van der Waals surface area contributed by atoms with Gasteiger partial charge in [-0.2, -0.15) is 0 Å². The smallest absolute Gasteiger partial charge is 0.255 e. The monoisotopic (exact) mass is 959 g/mol. The number of hydrogen-bond acceptors (Lipinski definition) is 4. The average molecular weight is 959 g/mol. The van der Waals surface area contributed by atoms with Crippen LogP contribution < -0.4 is 20.1 Å². The van der Waals surface area contributed by atoms with Crippen LogP contribution in [0.2, 0.25) is 0 Å². The van der Waals surface area contributed by atoms with E-state index in [9.17, 15) is 9.59 Å². The second-order valence-corrected chi connectivity index (χ2v) is 20.6. The van der Waals surface area contributed by atoms with Gasteiger partial charge in [0.25, 0.3) is 11.8 Å². The molecule has 4 rings (SSSR count). The zero-order valence-electron chi connectivity index (χ0n) is 44.6. The zero-order chi connectivity index (χ0) is 49.5. The lowest BCUT2D eigenvalue weighted by molar-refractivity contribution is 0.0942. The SMILES string of the molecule is C=C(COc1ccc2cc(C(=O)NCCCCCCCCCCCCCCCCCCC)ccc2c1)COc1cc2ccccc2cc1C(=O)NCCCCCCCCCCCCCCCCCCC. The van der Waals surface area contributed by atoms with Gasteiger partial charge in [0.2, 0.25) is 0 Å². The Morgan fingerprint density at radius 1 is 0.400 bits per heavy atom. The predicted molar refractivity (Wildman–Crippen MR) is 301 cm³/mol. The van der Waals surface area contributed by atoms with Gasteiger partial charge in [-0.1, -0.05) is 262 Å². The van der Waals surface area contributed by atoms with Crippen LogP contribution in [0.25, 0.3) is 21.5 Å². The first kappa shape index (κ1) is 58.3. The van der Waals surface area contributed by atoms with Gasteiger partial charge in [0.15, 0.2) is 0 Å². The van der Waals surface area contributed by atoms with Crippen molar-refractivity contribution in [1.29, 1.82) is 0 Å². The quantitative estimate of drug-likeness (QED) is 0.0342. The van der Waals surface area contributed by atoms with E-state index in [4.69, 9.17) is 9.47 Å². The number of rotatable bonds is 44. The van der Waals surface area contributed by atoms with Crippen LogP contribution >= 0.6 is 0 Å². The number of carbonyl (C=O) groups is 2. The highest BCUT2D eigenvalue weighted by Crippen LogP contribution is 2.28. The van der Waals surface area contributed by atoms with Gasteiger partial charge in [-0.3, -0.25) is 9.59 Å². The standard InChI is InChI=1S/C64H98N2O4/c1-4-6-8-10-12-14-16-18-20-22-24-26-28-30-32-34-38-46-65-63(67)59-43-42-58-49-60(45-44-57(58)48-59)69-52-54(3)53-70-62-51-56-41-37-36-40-55(56)50-61(62)64(68)66-47-39-35-33-31-29-27-25-23-21-19-17-15-13-11-9-7-5-2/h36-37,40-45,48-51H,3-35,38-39,46-47,52-53H2,1-2H3,(H,65,67)(H,66,68). The van der Waals surface area contributed by atoms with Gasteiger partial charge in [-0.05, 0) is 76.4 Å². The van der Waals surface area contributed by atoms with E-state index in [1.807, 2.05) is 72.8 Å². The Labute approximate surface area is 427 Å². The Morgan fingerprint density at radius 3 is 1.24 bits per heavy atom. The van der Waals surface area contributed by atoms with E-state index in [0.29, 0.717) is 30.0 Å². The number of hydrogen-bond donors (Lipinski definition) is 2. The highest BCUT2D eigenvalue weighted by atomic mass is 16.5. The highest BCUT2D eigenvalue weighted by Gasteiger charge is 2.15. The van der Waals surface area contributed by atoms with E-state index < -0.39 is 0 Å². The maximum Gasteiger partial charge on any atom is 0.255 e. The molecule has 70 heavy (non-hydrogen) atoms. The summed E-state index contributed by atoms with van der Waals surface area (Å²) in [5, 5.41) is 10.3. The minimum atomic E-state index is -0.110. The molecule has 0 aliphatic rings. The third-order valence-electron chi connectivity index (χ3n) is 14.2. The summed E-state index contributed by atoms with van der Waals surface area (Å²) in [6.45, 7) is 10.7. The van der Waals surface area contributed by atoms with E-state index in [-0.39, 0.29) is 25.0 Å². The minimum Gasteiger partial charge on any atom is -0.489 e. The van der Waals surface area contributed by atoms with Crippen LogP contribution in [0.3, 0.4) is 0 Å². The predicted octanol–water partition coefficient (Wildman–Crippen LogP) is 18.8. The third kappa shape index (κ3) is 25.7. The summed E-state index contributed by atoms with van der Waals surface area (Å²) in [5.74, 6) is 1.14. The second kappa shape index (κ2) is 38.4. The molecule has 388 valence electrons. The van der Waals surface area contributed by atoms with Gasteiger partial charge < -0.3 is 20.1 Å². The molecular weight excluding hydrogens is 861 g/mol. The molecule has 0 radical (unpaired) electrons. The zero-order valence-corrected chi connectivity index (χ0v) is 44.6. The van der Waals surface area contributed by atoms with Crippen LogP contribution in [0, 0.1) is 0 Å². The van der Waals surface area contributed by atoms with Crippen molar-refractivity contribution in [3.05, 3.63) is 96.1 Å². The van der Waals surface area contributed by atoms with Gasteiger partial charge >= 0.3 is 0 Å². The van der Waals surface area contributed by atoms with Gasteiger partial charge in [0, 0.05) is 18.7 Å². The maximum atomic E-state index is 13.5. The summed E-state index contributed by atoms with van der Waals surface area (Å²) in [5.41, 5.74) is 1.97. The van der Waals surface area contributed by atoms with Gasteiger partial charge in [0.05, 0.1) is 5.56 Å². The molecule has 0 saturated carbocycles. The summed E-state index contributed by atoms with van der Waals surface area (Å²) in [7, 11) is 0. The molecule has 0 spiro atoms. The second-order valence-electron chi connectivity index (χ2n) is 20.6. The maximum absolute atomic E-state index is 13.5. The van der Waals surface area contributed by atoms with Crippen LogP contribution in [0.1, 0.15) is 253 Å². The third-order valence-corrected chi connectivity index (χ3v) is 14.2. The Hall–Kier alpha value is -4.32. The van der Waals surface area contributed by atoms with Crippen molar-refractivity contribution >= 4 is 33.4 Å². The largest absolute Gasteiger partial charge is 0.489 e. The fraction of sp³-hybridized carbons (Fsp3) is 0.625. The van der Waals surface area contributed by atoms with Crippen LogP contribution in [0.5, 0.6) is 11.5 Å². The van der Waals surface area contributed by atoms with E-state index >= 15 is 0 Å². The van der Waals surface area contributed by atoms with Crippen molar-refractivity contribution in [1.82, 2.24) is 10.6 Å². The molecule has 0 fully saturated rings. The molecule has 0 unspecified atom stereocenters. The molecule has 0 bridgehead atoms. The van der Waals surface area contributed by atoms with Crippen molar-refractivity contribution < 1.29 is 19.1 Å². The van der Waals surface area contributed by atoms with Gasteiger partial charge in [-0.25, -0.2) is 0 Å². The summed E-state index contributed by atoms with van der Waals surface area (Å²) in [6.07, 6.45) is 45.6. The molecule has 0 atom stereocenters. The topological polar surface area (TPSA) is 76.7 Å². The summed E-state index contributed by atoms with van der Waals surface area (Å²) >= 11 is 0. The molecule has 6 heteroatoms. The van der Waals surface area contributed by atoms with Crippen molar-refractivity contribution in [2.45, 2.75) is 232 Å². The highest BCUT2D eigenvalue weighted by molar-refractivity contribution is 6.01. The number of unbranched alkanes of at least 4 members (excludes halogenated alkanes) is 32. The normalized spacial score (nSPS) is 11.3. The first-order chi connectivity index (χ1) is 34.5. The van der Waals surface area contributed by atoms with Crippen LogP contribution in [-0.2, 0) is 0 Å². The molecule has 0 aliphatic heterocycles. The molecule has 2 amide bonds. The Kier molecular flexibility index (Phi) is 31.9. The van der Waals surface area contributed by atoms with E-state index in [2.05, 4.69) is 31.1 Å². The lowest BCUT2D eigenvalue weighted by Crippen LogP contribution is -2.25. The lowest BCUT2D eigenvalue weighted by Gasteiger charge is -2.15. The summed E-state index contributed by atoms with van der Waals surface area (Å²) in [4.78, 5) is 26.5. The van der Waals surface area contributed by atoms with Gasteiger partial charge in [0.1, 0.15) is 24.7 Å². The van der Waals surface area contributed by atoms with Crippen molar-refractivity contribution in [2.24, 2.45) is 0 Å². The summed E-state index contributed by atoms with van der Waals surface area (Å²) in [6, 6.07) is 23.7. The van der Waals surface area contributed by atoms with E-state index in [0.717, 1.165) is 52.1 Å². The molecule has 4 aromatic carbocycles. The van der Waals surface area contributed by atoms with Crippen LogP contribution in [0.15, 0.2) is 84.9 Å². The number of amides is 2.